The van der Waals surface area contributed by atoms with E-state index in [1.54, 1.807) is 22.9 Å². The van der Waals surface area contributed by atoms with E-state index in [0.29, 0.717) is 24.3 Å². The van der Waals surface area contributed by atoms with Crippen molar-refractivity contribution in [3.05, 3.63) is 87.6 Å². The second-order valence-corrected chi connectivity index (χ2v) is 8.85. The highest BCUT2D eigenvalue weighted by Gasteiger charge is 2.29. The van der Waals surface area contributed by atoms with Gasteiger partial charge in [-0.3, -0.25) is 9.13 Å². The van der Waals surface area contributed by atoms with Crippen molar-refractivity contribution in [1.29, 1.82) is 0 Å². The fraction of sp³-hybridized carbons (Fsp3) is 0.385. The molecule has 0 amide bonds. The first-order valence-electron chi connectivity index (χ1n) is 11.3. The molecule has 182 valence electrons. The van der Waals surface area contributed by atoms with E-state index < -0.39 is 23.2 Å². The number of rotatable bonds is 11. The number of carboxylic acids is 1. The number of imidazole rings is 1. The fourth-order valence-electron chi connectivity index (χ4n) is 3.73. The molecule has 2 aromatic carbocycles. The number of nitrogens with zero attached hydrogens (tertiary/aromatic N) is 2. The fourth-order valence-corrected chi connectivity index (χ4v) is 3.73. The quantitative estimate of drug-likeness (QED) is 0.435. The van der Waals surface area contributed by atoms with Crippen molar-refractivity contribution >= 4 is 5.97 Å². The molecule has 3 rings (SSSR count). The number of aryl methyl sites for hydroxylation is 2. The summed E-state index contributed by atoms with van der Waals surface area (Å²) in [6, 6.07) is 11.0. The summed E-state index contributed by atoms with van der Waals surface area (Å²) in [4.78, 5) is 24.1. The van der Waals surface area contributed by atoms with Crippen molar-refractivity contribution in [3.63, 3.8) is 0 Å². The zero-order valence-electron chi connectivity index (χ0n) is 19.7. The molecule has 1 heterocycles. The van der Waals surface area contributed by atoms with Gasteiger partial charge in [0.05, 0.1) is 6.54 Å². The summed E-state index contributed by atoms with van der Waals surface area (Å²) in [5, 5.41) is 9.19. The van der Waals surface area contributed by atoms with Gasteiger partial charge >= 0.3 is 11.7 Å². The Balaban J connectivity index is 1.66. The maximum Gasteiger partial charge on any atom is 0.347 e. The minimum atomic E-state index is -1.31. The Hall–Kier alpha value is -3.42. The predicted octanol–water partition coefficient (Wildman–Crippen LogP) is 4.80. The Morgan fingerprint density at radius 3 is 2.32 bits per heavy atom. The van der Waals surface area contributed by atoms with Crippen LogP contribution in [-0.2, 0) is 30.7 Å². The van der Waals surface area contributed by atoms with E-state index in [9.17, 15) is 23.5 Å². The number of halogens is 2. The summed E-state index contributed by atoms with van der Waals surface area (Å²) in [6.07, 6.45) is 4.86. The average molecular weight is 473 g/mol. The molecule has 0 saturated carbocycles. The maximum absolute atomic E-state index is 13.6. The summed E-state index contributed by atoms with van der Waals surface area (Å²) in [7, 11) is 0. The minimum Gasteiger partial charge on any atom is -0.478 e. The number of hydrogen-bond acceptors (Lipinski definition) is 3. The number of hydrogen-bond donors (Lipinski definition) is 1. The topological polar surface area (TPSA) is 73.5 Å². The molecule has 0 spiro atoms. The van der Waals surface area contributed by atoms with Gasteiger partial charge in [-0.2, -0.15) is 0 Å². The molecule has 0 atom stereocenters. The average Bonchev–Trinajstić information content (AvgIpc) is 3.06. The van der Waals surface area contributed by atoms with Crippen LogP contribution in [0.1, 0.15) is 50.4 Å². The molecule has 0 saturated heterocycles. The molecular weight excluding hydrogens is 442 g/mol. The van der Waals surface area contributed by atoms with Crippen molar-refractivity contribution in [3.8, 4) is 5.75 Å². The first kappa shape index (κ1) is 25.2. The second-order valence-electron chi connectivity index (χ2n) is 8.85. The van der Waals surface area contributed by atoms with Gasteiger partial charge in [-0.15, -0.1) is 0 Å². The number of carbonyl (C=O) groups is 1. The van der Waals surface area contributed by atoms with E-state index in [4.69, 9.17) is 4.74 Å². The number of ether oxygens (including phenoxy) is 1. The van der Waals surface area contributed by atoms with Crippen molar-refractivity contribution in [2.75, 3.05) is 0 Å². The van der Waals surface area contributed by atoms with Gasteiger partial charge in [0, 0.05) is 18.4 Å². The molecule has 0 bridgehead atoms. The zero-order chi connectivity index (χ0) is 24.9. The van der Waals surface area contributed by atoms with Gasteiger partial charge in [-0.1, -0.05) is 25.1 Å². The molecule has 6 nitrogen and oxygen atoms in total. The molecule has 1 aromatic heterocycles. The van der Waals surface area contributed by atoms with E-state index in [1.807, 2.05) is 19.1 Å². The normalized spacial score (nSPS) is 11.6. The molecule has 0 radical (unpaired) electrons. The third kappa shape index (κ3) is 6.12. The number of benzene rings is 2. The smallest absolute Gasteiger partial charge is 0.347 e. The Kier molecular flexibility index (Phi) is 7.91. The summed E-state index contributed by atoms with van der Waals surface area (Å²) in [5.41, 5.74) is 1.03. The Morgan fingerprint density at radius 2 is 1.71 bits per heavy atom. The Bertz CT molecular complexity index is 1200. The lowest BCUT2D eigenvalue weighted by atomic mass is 10.1. The first-order chi connectivity index (χ1) is 16.1. The Morgan fingerprint density at radius 1 is 1.03 bits per heavy atom. The van der Waals surface area contributed by atoms with Crippen molar-refractivity contribution in [2.45, 2.75) is 65.1 Å². The van der Waals surface area contributed by atoms with Crippen LogP contribution in [0.4, 0.5) is 8.78 Å². The molecule has 8 heteroatoms. The van der Waals surface area contributed by atoms with Crippen LogP contribution in [0.5, 0.6) is 5.75 Å². The van der Waals surface area contributed by atoms with Crippen LogP contribution < -0.4 is 10.4 Å². The number of aromatic nitrogens is 2. The van der Waals surface area contributed by atoms with Gasteiger partial charge in [-0.25, -0.2) is 18.4 Å². The second kappa shape index (κ2) is 10.7. The van der Waals surface area contributed by atoms with E-state index in [1.165, 1.54) is 24.5 Å². The highest BCUT2D eigenvalue weighted by Crippen LogP contribution is 2.20. The van der Waals surface area contributed by atoms with Gasteiger partial charge in [0.25, 0.3) is 0 Å². The molecule has 0 aliphatic rings. The van der Waals surface area contributed by atoms with Crippen LogP contribution >= 0.6 is 0 Å². The number of aliphatic carboxylic acids is 1. The zero-order valence-corrected chi connectivity index (χ0v) is 19.7. The lowest BCUT2D eigenvalue weighted by Gasteiger charge is -2.21. The molecule has 3 aromatic rings. The third-order valence-corrected chi connectivity index (χ3v) is 5.62. The van der Waals surface area contributed by atoms with Crippen LogP contribution in [-0.4, -0.2) is 25.8 Å². The van der Waals surface area contributed by atoms with Gasteiger partial charge in [0.1, 0.15) is 5.75 Å². The van der Waals surface area contributed by atoms with Crippen LogP contribution in [0.25, 0.3) is 0 Å². The Labute approximate surface area is 197 Å². The lowest BCUT2D eigenvalue weighted by Crippen LogP contribution is -2.37. The number of carboxylic acid groups (broad SMARTS) is 1. The first-order valence-corrected chi connectivity index (χ1v) is 11.3. The summed E-state index contributed by atoms with van der Waals surface area (Å²) >= 11 is 0. The minimum absolute atomic E-state index is 0.163. The summed E-state index contributed by atoms with van der Waals surface area (Å²) in [6.45, 7) is 5.76. The van der Waals surface area contributed by atoms with Crippen molar-refractivity contribution in [2.24, 2.45) is 0 Å². The summed E-state index contributed by atoms with van der Waals surface area (Å²) < 4.78 is 35.6. The van der Waals surface area contributed by atoms with Crippen LogP contribution in [0.15, 0.2) is 53.5 Å². The third-order valence-electron chi connectivity index (χ3n) is 5.62. The van der Waals surface area contributed by atoms with Crippen molar-refractivity contribution in [1.82, 2.24) is 9.13 Å². The van der Waals surface area contributed by atoms with E-state index >= 15 is 0 Å². The van der Waals surface area contributed by atoms with Gasteiger partial charge in [-0.05, 0) is 74.9 Å². The van der Waals surface area contributed by atoms with E-state index in [0.717, 1.165) is 42.7 Å². The SMILES string of the molecule is CCCn1c(CCCc2ccc(OC(C)(C)C(=O)O)cc2)cn(Cc2ccc(F)c(F)c2)c1=O. The molecule has 0 fully saturated rings. The van der Waals surface area contributed by atoms with Crippen LogP contribution in [0.3, 0.4) is 0 Å². The molecule has 34 heavy (non-hydrogen) atoms. The van der Waals surface area contributed by atoms with Gasteiger partial charge in [0.2, 0.25) is 0 Å². The van der Waals surface area contributed by atoms with E-state index in [2.05, 4.69) is 0 Å². The highest BCUT2D eigenvalue weighted by atomic mass is 19.2. The molecular formula is C26H30F2N2O4. The van der Waals surface area contributed by atoms with Gasteiger partial charge in [0.15, 0.2) is 17.2 Å². The maximum atomic E-state index is 13.6. The molecule has 1 N–H and O–H groups in total. The largest absolute Gasteiger partial charge is 0.478 e. The lowest BCUT2D eigenvalue weighted by molar-refractivity contribution is -0.152. The van der Waals surface area contributed by atoms with E-state index in [-0.39, 0.29) is 12.2 Å². The van der Waals surface area contributed by atoms with Crippen molar-refractivity contribution < 1.29 is 23.4 Å². The van der Waals surface area contributed by atoms with Crippen LogP contribution in [0.2, 0.25) is 0 Å². The molecule has 0 aliphatic carbocycles. The predicted molar refractivity (Wildman–Crippen MR) is 125 cm³/mol. The summed E-state index contributed by atoms with van der Waals surface area (Å²) in [5.74, 6) is -2.39. The molecule has 0 unspecified atom stereocenters. The highest BCUT2D eigenvalue weighted by molar-refractivity contribution is 5.76. The standard InChI is InChI=1S/C26H30F2N2O4/c1-4-14-30-20(17-29(25(30)33)16-19-10-13-22(27)23(28)15-19)7-5-6-18-8-11-21(12-9-18)34-26(2,3)24(31)32/h8-13,15,17H,4-7,14,16H2,1-3H3,(H,31,32). The van der Waals surface area contributed by atoms with Gasteiger partial charge < -0.3 is 9.84 Å². The monoisotopic (exact) mass is 472 g/mol. The molecule has 0 aliphatic heterocycles. The van der Waals surface area contributed by atoms with Crippen LogP contribution in [0, 0.1) is 11.6 Å².